The fraction of sp³-hybridized carbons (Fsp3) is 0.350. The highest BCUT2D eigenvalue weighted by Gasteiger charge is 2.25. The number of thioether (sulfide) groups is 1. The summed E-state index contributed by atoms with van der Waals surface area (Å²) in [5.74, 6) is 1.21. The second-order valence-corrected chi connectivity index (χ2v) is 7.05. The van der Waals surface area contributed by atoms with Crippen LogP contribution in [-0.2, 0) is 16.1 Å². The van der Waals surface area contributed by atoms with Crippen molar-refractivity contribution in [3.8, 4) is 5.75 Å². The number of aromatic nitrogens is 1. The molecule has 1 aromatic carbocycles. The molecule has 0 saturated carbocycles. The quantitative estimate of drug-likeness (QED) is 0.756. The molecule has 0 spiro atoms. The Balaban J connectivity index is 1.48. The van der Waals surface area contributed by atoms with Crippen LogP contribution in [0.3, 0.4) is 0 Å². The van der Waals surface area contributed by atoms with Gasteiger partial charge in [0.15, 0.2) is 0 Å². The zero-order chi connectivity index (χ0) is 19.1. The van der Waals surface area contributed by atoms with Gasteiger partial charge in [-0.3, -0.25) is 9.59 Å². The van der Waals surface area contributed by atoms with E-state index in [1.54, 1.807) is 11.1 Å². The van der Waals surface area contributed by atoms with E-state index in [4.69, 9.17) is 4.74 Å². The summed E-state index contributed by atoms with van der Waals surface area (Å²) < 4.78 is 5.57. The largest absolute Gasteiger partial charge is 0.494 e. The number of nitrogens with zero attached hydrogens (tertiary/aromatic N) is 2. The molecule has 0 atom stereocenters. The number of rotatable bonds is 8. The van der Waals surface area contributed by atoms with E-state index in [0.29, 0.717) is 38.3 Å². The summed E-state index contributed by atoms with van der Waals surface area (Å²) in [6.07, 6.45) is 2.69. The van der Waals surface area contributed by atoms with Crippen LogP contribution in [0, 0.1) is 0 Å². The Bertz CT molecular complexity index is 813. The molecule has 0 fully saturated rings. The summed E-state index contributed by atoms with van der Waals surface area (Å²) in [7, 11) is 0. The van der Waals surface area contributed by atoms with Crippen LogP contribution in [0.4, 0.5) is 5.69 Å². The van der Waals surface area contributed by atoms with Gasteiger partial charge in [-0.2, -0.15) is 0 Å². The van der Waals surface area contributed by atoms with Crippen molar-refractivity contribution in [3.63, 3.8) is 0 Å². The van der Waals surface area contributed by atoms with Crippen molar-refractivity contribution in [2.45, 2.75) is 31.3 Å². The normalized spacial score (nSPS) is 13.2. The first-order valence-electron chi connectivity index (χ1n) is 9.04. The highest BCUT2D eigenvalue weighted by atomic mass is 32.2. The third-order valence-electron chi connectivity index (χ3n) is 4.21. The molecule has 1 aromatic heterocycles. The molecule has 0 unspecified atom stereocenters. The van der Waals surface area contributed by atoms with Gasteiger partial charge in [0.1, 0.15) is 10.8 Å². The zero-order valence-corrected chi connectivity index (χ0v) is 16.1. The van der Waals surface area contributed by atoms with Crippen molar-refractivity contribution >= 4 is 29.3 Å². The third-order valence-corrected chi connectivity index (χ3v) is 5.19. The minimum Gasteiger partial charge on any atom is -0.494 e. The number of anilines is 1. The predicted octanol–water partition coefficient (Wildman–Crippen LogP) is 3.02. The Morgan fingerprint density at radius 2 is 2.15 bits per heavy atom. The molecular formula is C20H23N3O3S. The summed E-state index contributed by atoms with van der Waals surface area (Å²) >= 11 is 1.46. The molecule has 0 bridgehead atoms. The monoisotopic (exact) mass is 385 g/mol. The lowest BCUT2D eigenvalue weighted by atomic mass is 10.2. The molecule has 2 amide bonds. The van der Waals surface area contributed by atoms with Crippen molar-refractivity contribution < 1.29 is 14.3 Å². The van der Waals surface area contributed by atoms with Gasteiger partial charge in [-0.05, 0) is 31.5 Å². The predicted molar refractivity (Wildman–Crippen MR) is 106 cm³/mol. The summed E-state index contributed by atoms with van der Waals surface area (Å²) in [6, 6.07) is 11.4. The first kappa shape index (κ1) is 19.2. The van der Waals surface area contributed by atoms with E-state index in [9.17, 15) is 9.59 Å². The maximum Gasteiger partial charge on any atom is 0.237 e. The van der Waals surface area contributed by atoms with E-state index in [2.05, 4.69) is 10.3 Å². The van der Waals surface area contributed by atoms with Crippen LogP contribution in [0.15, 0.2) is 47.6 Å². The molecular weight excluding hydrogens is 362 g/mol. The Morgan fingerprint density at radius 1 is 1.30 bits per heavy atom. The minimum atomic E-state index is -0.0356. The lowest BCUT2D eigenvalue weighted by molar-refractivity contribution is -0.121. The van der Waals surface area contributed by atoms with Crippen molar-refractivity contribution in [1.29, 1.82) is 0 Å². The number of carbonyl (C=O) groups is 2. The van der Waals surface area contributed by atoms with Gasteiger partial charge in [-0.1, -0.05) is 30.0 Å². The Labute approximate surface area is 163 Å². The Morgan fingerprint density at radius 3 is 3.00 bits per heavy atom. The van der Waals surface area contributed by atoms with Gasteiger partial charge in [-0.25, -0.2) is 4.98 Å². The fourth-order valence-corrected chi connectivity index (χ4v) is 3.79. The van der Waals surface area contributed by atoms with Crippen LogP contribution < -0.4 is 15.0 Å². The first-order valence-corrected chi connectivity index (χ1v) is 10.0. The van der Waals surface area contributed by atoms with Crippen LogP contribution in [0.5, 0.6) is 5.75 Å². The number of nitrogens with one attached hydrogen (secondary N) is 1. The van der Waals surface area contributed by atoms with Crippen molar-refractivity contribution in [1.82, 2.24) is 10.3 Å². The summed E-state index contributed by atoms with van der Waals surface area (Å²) in [6.45, 7) is 3.47. The molecule has 2 aromatic rings. The molecule has 1 aliphatic heterocycles. The SMILES string of the molecule is CCOc1ccccc1CNC(=O)CCCN1C(=O)CSc2ncccc21. The lowest BCUT2D eigenvalue weighted by Gasteiger charge is -2.27. The first-order chi connectivity index (χ1) is 13.2. The maximum atomic E-state index is 12.2. The number of benzene rings is 1. The number of carbonyl (C=O) groups excluding carboxylic acids is 2. The number of para-hydroxylation sites is 1. The molecule has 6 nitrogen and oxygen atoms in total. The number of amides is 2. The van der Waals surface area contributed by atoms with Gasteiger partial charge < -0.3 is 15.0 Å². The van der Waals surface area contributed by atoms with Gasteiger partial charge in [0.05, 0.1) is 18.0 Å². The molecule has 1 aliphatic rings. The highest BCUT2D eigenvalue weighted by molar-refractivity contribution is 8.00. The van der Waals surface area contributed by atoms with Gasteiger partial charge in [0, 0.05) is 31.3 Å². The topological polar surface area (TPSA) is 71.5 Å². The maximum absolute atomic E-state index is 12.2. The summed E-state index contributed by atoms with van der Waals surface area (Å²) in [5, 5.41) is 3.80. The third kappa shape index (κ3) is 5.01. The summed E-state index contributed by atoms with van der Waals surface area (Å²) in [5.41, 5.74) is 1.79. The Kier molecular flexibility index (Phi) is 6.70. The van der Waals surface area contributed by atoms with Gasteiger partial charge in [0.25, 0.3) is 0 Å². The van der Waals surface area contributed by atoms with E-state index in [1.165, 1.54) is 11.8 Å². The van der Waals surface area contributed by atoms with Crippen LogP contribution in [0.25, 0.3) is 0 Å². The molecule has 0 radical (unpaired) electrons. The molecule has 1 N–H and O–H groups in total. The fourth-order valence-electron chi connectivity index (χ4n) is 2.91. The van der Waals surface area contributed by atoms with E-state index < -0.39 is 0 Å². The van der Waals surface area contributed by atoms with E-state index in [1.807, 2.05) is 43.3 Å². The average Bonchev–Trinajstić information content (AvgIpc) is 2.69. The number of pyridine rings is 1. The second-order valence-electron chi connectivity index (χ2n) is 6.08. The van der Waals surface area contributed by atoms with Crippen LogP contribution in [0.2, 0.25) is 0 Å². The van der Waals surface area contributed by atoms with E-state index >= 15 is 0 Å². The van der Waals surface area contributed by atoms with Crippen LogP contribution in [-0.4, -0.2) is 35.7 Å². The molecule has 2 heterocycles. The summed E-state index contributed by atoms with van der Waals surface area (Å²) in [4.78, 5) is 30.4. The number of hydrogen-bond donors (Lipinski definition) is 1. The van der Waals surface area contributed by atoms with Gasteiger partial charge in [-0.15, -0.1) is 0 Å². The second kappa shape index (κ2) is 9.41. The van der Waals surface area contributed by atoms with E-state index in [-0.39, 0.29) is 11.8 Å². The minimum absolute atomic E-state index is 0.0356. The van der Waals surface area contributed by atoms with Gasteiger partial charge in [0.2, 0.25) is 11.8 Å². The molecule has 7 heteroatoms. The van der Waals surface area contributed by atoms with Gasteiger partial charge >= 0.3 is 0 Å². The van der Waals surface area contributed by atoms with Crippen molar-refractivity contribution in [3.05, 3.63) is 48.2 Å². The molecule has 0 saturated heterocycles. The number of fused-ring (bicyclic) bond motifs is 1. The number of ether oxygens (including phenoxy) is 1. The molecule has 142 valence electrons. The van der Waals surface area contributed by atoms with E-state index in [0.717, 1.165) is 22.0 Å². The smallest absolute Gasteiger partial charge is 0.237 e. The number of hydrogen-bond acceptors (Lipinski definition) is 5. The van der Waals surface area contributed by atoms with Crippen molar-refractivity contribution in [2.75, 3.05) is 23.8 Å². The molecule has 0 aliphatic carbocycles. The van der Waals surface area contributed by atoms with Crippen molar-refractivity contribution in [2.24, 2.45) is 0 Å². The molecule has 3 rings (SSSR count). The standard InChI is InChI=1S/C20H23N3O3S/c1-2-26-17-9-4-3-7-15(17)13-22-18(24)10-6-12-23-16-8-5-11-21-20(16)27-14-19(23)25/h3-5,7-9,11H,2,6,10,12-14H2,1H3,(H,22,24). The lowest BCUT2D eigenvalue weighted by Crippen LogP contribution is -2.37. The average molecular weight is 385 g/mol. The Hall–Kier alpha value is -2.54. The van der Waals surface area contributed by atoms with Crippen LogP contribution in [0.1, 0.15) is 25.3 Å². The molecule has 27 heavy (non-hydrogen) atoms. The zero-order valence-electron chi connectivity index (χ0n) is 15.3. The highest BCUT2D eigenvalue weighted by Crippen LogP contribution is 2.33. The van der Waals surface area contributed by atoms with Crippen LogP contribution >= 0.6 is 11.8 Å².